The minimum atomic E-state index is -0.644. The molecule has 48 valence electrons. The molecule has 1 aliphatic heterocycles. The summed E-state index contributed by atoms with van der Waals surface area (Å²) < 4.78 is 12.4. The number of likely N-dealkylation sites (tertiary alicyclic amines) is 1. The fraction of sp³-hybridized carbons (Fsp3) is 1.00. The lowest BCUT2D eigenvalue weighted by atomic mass is 10.1. The molecule has 1 atom stereocenters. The normalized spacial score (nSPS) is 30.8. The van der Waals surface area contributed by atoms with Crippen molar-refractivity contribution in [2.75, 3.05) is 6.54 Å². The third-order valence-corrected chi connectivity index (χ3v) is 1.65. The molecule has 0 bridgehead atoms. The van der Waals surface area contributed by atoms with Crippen LogP contribution < -0.4 is 0 Å². The fourth-order valence-electron chi connectivity index (χ4n) is 0.957. The zero-order valence-corrected chi connectivity index (χ0v) is 5.39. The smallest absolute Gasteiger partial charge is 0.155 e. The average Bonchev–Trinajstić information content (AvgIpc) is 1.61. The van der Waals surface area contributed by atoms with Crippen LogP contribution in [0.3, 0.4) is 0 Å². The van der Waals surface area contributed by atoms with Gasteiger partial charge in [-0.25, -0.2) is 4.39 Å². The number of hydrogen-bond donors (Lipinski definition) is 0. The molecule has 0 saturated carbocycles. The summed E-state index contributed by atoms with van der Waals surface area (Å²) in [7, 11) is 0. The predicted molar refractivity (Wildman–Crippen MR) is 31.4 cm³/mol. The topological polar surface area (TPSA) is 3.24 Å². The van der Waals surface area contributed by atoms with Gasteiger partial charge in [0.25, 0.3) is 0 Å². The lowest BCUT2D eigenvalue weighted by molar-refractivity contribution is -0.0324. The molecule has 1 fully saturated rings. The maximum Gasteiger partial charge on any atom is 0.155 e. The zero-order valence-electron chi connectivity index (χ0n) is 5.39. The van der Waals surface area contributed by atoms with Gasteiger partial charge >= 0.3 is 0 Å². The van der Waals surface area contributed by atoms with Crippen LogP contribution in [-0.2, 0) is 0 Å². The summed E-state index contributed by atoms with van der Waals surface area (Å²) in [6, 6.07) is 0.388. The van der Waals surface area contributed by atoms with Crippen molar-refractivity contribution in [1.29, 1.82) is 0 Å². The third kappa shape index (κ3) is 0.848. The van der Waals surface area contributed by atoms with Gasteiger partial charge in [0.1, 0.15) is 0 Å². The Morgan fingerprint density at radius 1 is 1.62 bits per heavy atom. The van der Waals surface area contributed by atoms with Crippen LogP contribution in [0.4, 0.5) is 4.39 Å². The number of halogens is 1. The van der Waals surface area contributed by atoms with Gasteiger partial charge in [0.15, 0.2) is 6.30 Å². The molecule has 0 spiro atoms. The van der Waals surface area contributed by atoms with Crippen molar-refractivity contribution in [3.8, 4) is 0 Å². The van der Waals surface area contributed by atoms with Crippen molar-refractivity contribution in [2.45, 2.75) is 32.6 Å². The molecule has 1 aliphatic rings. The second-order valence-electron chi connectivity index (χ2n) is 2.55. The molecule has 0 aromatic heterocycles. The van der Waals surface area contributed by atoms with E-state index in [0.717, 1.165) is 13.0 Å². The van der Waals surface area contributed by atoms with E-state index in [-0.39, 0.29) is 0 Å². The Hall–Kier alpha value is -0.110. The first-order chi connectivity index (χ1) is 3.72. The molecule has 0 aliphatic carbocycles. The van der Waals surface area contributed by atoms with Crippen LogP contribution in [0.2, 0.25) is 0 Å². The van der Waals surface area contributed by atoms with E-state index in [1.54, 1.807) is 0 Å². The minimum Gasteiger partial charge on any atom is -0.271 e. The lowest BCUT2D eigenvalue weighted by Crippen LogP contribution is -2.48. The Labute approximate surface area is 49.5 Å². The highest BCUT2D eigenvalue weighted by molar-refractivity contribution is 4.76. The van der Waals surface area contributed by atoms with Crippen molar-refractivity contribution in [3.63, 3.8) is 0 Å². The monoisotopic (exact) mass is 117 g/mol. The first-order valence-electron chi connectivity index (χ1n) is 3.11. The van der Waals surface area contributed by atoms with Crippen molar-refractivity contribution in [2.24, 2.45) is 0 Å². The molecule has 0 amide bonds. The Kier molecular flexibility index (Phi) is 1.52. The second-order valence-corrected chi connectivity index (χ2v) is 2.55. The molecule has 1 saturated heterocycles. The molecule has 0 aromatic carbocycles. The van der Waals surface area contributed by atoms with Gasteiger partial charge in [0, 0.05) is 19.0 Å². The van der Waals surface area contributed by atoms with Gasteiger partial charge < -0.3 is 0 Å². The van der Waals surface area contributed by atoms with Crippen molar-refractivity contribution < 1.29 is 4.39 Å². The molecular formula is C6H12FN. The lowest BCUT2D eigenvalue weighted by Gasteiger charge is -2.38. The molecular weight excluding hydrogens is 105 g/mol. The molecule has 1 heterocycles. The predicted octanol–water partition coefficient (Wildman–Crippen LogP) is 1.40. The summed E-state index contributed by atoms with van der Waals surface area (Å²) in [6.45, 7) is 4.98. The first kappa shape index (κ1) is 6.02. The van der Waals surface area contributed by atoms with Crippen LogP contribution in [0.1, 0.15) is 20.3 Å². The van der Waals surface area contributed by atoms with Gasteiger partial charge in [0.2, 0.25) is 0 Å². The van der Waals surface area contributed by atoms with E-state index in [2.05, 4.69) is 0 Å². The quantitative estimate of drug-likeness (QED) is 0.469. The van der Waals surface area contributed by atoms with Crippen LogP contribution in [0.5, 0.6) is 0 Å². The molecule has 0 radical (unpaired) electrons. The number of nitrogens with zero attached hydrogens (tertiary/aromatic N) is 1. The Morgan fingerprint density at radius 2 is 2.25 bits per heavy atom. The van der Waals surface area contributed by atoms with Crippen molar-refractivity contribution in [3.05, 3.63) is 0 Å². The van der Waals surface area contributed by atoms with Gasteiger partial charge in [-0.05, 0) is 13.8 Å². The van der Waals surface area contributed by atoms with Gasteiger partial charge in [-0.3, -0.25) is 4.90 Å². The summed E-state index contributed by atoms with van der Waals surface area (Å²) in [4.78, 5) is 1.85. The van der Waals surface area contributed by atoms with E-state index < -0.39 is 6.30 Å². The Balaban J connectivity index is 2.26. The zero-order chi connectivity index (χ0) is 6.15. The van der Waals surface area contributed by atoms with E-state index in [1.165, 1.54) is 0 Å². The van der Waals surface area contributed by atoms with Crippen LogP contribution in [0, 0.1) is 0 Å². The van der Waals surface area contributed by atoms with E-state index in [4.69, 9.17) is 0 Å². The molecule has 8 heavy (non-hydrogen) atoms. The van der Waals surface area contributed by atoms with Gasteiger partial charge in [0.05, 0.1) is 0 Å². The van der Waals surface area contributed by atoms with E-state index in [9.17, 15) is 4.39 Å². The maximum absolute atomic E-state index is 12.4. The van der Waals surface area contributed by atoms with Gasteiger partial charge in [-0.1, -0.05) is 0 Å². The molecule has 1 rings (SSSR count). The standard InChI is InChI=1S/C6H12FN/c1-5(2)8-4-3-6(8)7/h5-6H,3-4H2,1-2H3/t6-/m0/s1. The van der Waals surface area contributed by atoms with E-state index in [1.807, 2.05) is 18.7 Å². The van der Waals surface area contributed by atoms with Crippen molar-refractivity contribution >= 4 is 0 Å². The van der Waals surface area contributed by atoms with Crippen LogP contribution in [-0.4, -0.2) is 23.8 Å². The summed E-state index contributed by atoms with van der Waals surface area (Å²) in [6.07, 6.45) is 0.0908. The molecule has 0 aromatic rings. The number of alkyl halides is 1. The average molecular weight is 117 g/mol. The fourth-order valence-corrected chi connectivity index (χ4v) is 0.957. The number of hydrogen-bond acceptors (Lipinski definition) is 1. The van der Waals surface area contributed by atoms with Crippen LogP contribution in [0.25, 0.3) is 0 Å². The van der Waals surface area contributed by atoms with Crippen LogP contribution >= 0.6 is 0 Å². The molecule has 0 unspecified atom stereocenters. The minimum absolute atomic E-state index is 0.388. The van der Waals surface area contributed by atoms with Crippen molar-refractivity contribution in [1.82, 2.24) is 4.90 Å². The summed E-state index contributed by atoms with van der Waals surface area (Å²) in [5.41, 5.74) is 0. The summed E-state index contributed by atoms with van der Waals surface area (Å²) in [5, 5.41) is 0. The van der Waals surface area contributed by atoms with E-state index in [0.29, 0.717) is 6.04 Å². The first-order valence-corrected chi connectivity index (χ1v) is 3.11. The highest BCUT2D eigenvalue weighted by atomic mass is 19.1. The third-order valence-electron chi connectivity index (χ3n) is 1.65. The highest BCUT2D eigenvalue weighted by Gasteiger charge is 2.28. The second kappa shape index (κ2) is 2.02. The Morgan fingerprint density at radius 3 is 2.25 bits per heavy atom. The molecule has 1 nitrogen and oxygen atoms in total. The van der Waals surface area contributed by atoms with Gasteiger partial charge in [-0.2, -0.15) is 0 Å². The molecule has 0 N–H and O–H groups in total. The SMILES string of the molecule is CC(C)N1CC[C@H]1F. The molecule has 2 heteroatoms. The largest absolute Gasteiger partial charge is 0.271 e. The van der Waals surface area contributed by atoms with E-state index >= 15 is 0 Å². The van der Waals surface area contributed by atoms with Gasteiger partial charge in [-0.15, -0.1) is 0 Å². The summed E-state index contributed by atoms with van der Waals surface area (Å²) >= 11 is 0. The summed E-state index contributed by atoms with van der Waals surface area (Å²) in [5.74, 6) is 0. The van der Waals surface area contributed by atoms with Crippen LogP contribution in [0.15, 0.2) is 0 Å². The maximum atomic E-state index is 12.4. The Bertz CT molecular complexity index is 77.8. The number of rotatable bonds is 1. The highest BCUT2D eigenvalue weighted by Crippen LogP contribution is 2.20.